The average Bonchev–Trinajstić information content (AvgIpc) is 3.02. The van der Waals surface area contributed by atoms with Gasteiger partial charge < -0.3 is 9.47 Å². The molecule has 1 saturated heterocycles. The molecule has 146 valence electrons. The number of nitrogens with zero attached hydrogens (tertiary/aromatic N) is 2. The second-order valence-corrected chi connectivity index (χ2v) is 8.09. The third-order valence-electron chi connectivity index (χ3n) is 4.16. The number of nitrogens with one attached hydrogen (secondary N) is 1. The molecular weight excluding hydrogens is 386 g/mol. The Kier molecular flexibility index (Phi) is 6.70. The minimum Gasteiger partial charge on any atom is -0.481 e. The summed E-state index contributed by atoms with van der Waals surface area (Å²) in [5.74, 6) is 0.358. The monoisotopic (exact) mass is 409 g/mol. The Morgan fingerprint density at radius 2 is 2.04 bits per heavy atom. The molecule has 3 unspecified atom stereocenters. The largest absolute Gasteiger partial charge is 0.481 e. The van der Waals surface area contributed by atoms with Gasteiger partial charge in [0.2, 0.25) is 0 Å². The van der Waals surface area contributed by atoms with Gasteiger partial charge in [0.15, 0.2) is 11.2 Å². The minimum absolute atomic E-state index is 0.220. The first-order valence-corrected chi connectivity index (χ1v) is 10.2. The summed E-state index contributed by atoms with van der Waals surface area (Å²) in [7, 11) is 0. The van der Waals surface area contributed by atoms with Gasteiger partial charge in [-0.05, 0) is 45.0 Å². The SMILES string of the molecule is CC1CN(Cc2csc(NC(=O)C(C)Oc3ccc(Cl)cc3)n2)CC(C)O1. The number of halogens is 1. The van der Waals surface area contributed by atoms with Gasteiger partial charge >= 0.3 is 0 Å². The standard InChI is InChI=1S/C19H24ClN3O3S/c1-12-8-23(9-13(2)25-12)10-16-11-27-19(21-16)22-18(24)14(3)26-17-6-4-15(20)5-7-17/h4-7,11-14H,8-10H2,1-3H3,(H,21,22,24). The van der Waals surface area contributed by atoms with Gasteiger partial charge in [-0.15, -0.1) is 11.3 Å². The molecule has 0 aliphatic carbocycles. The van der Waals surface area contributed by atoms with E-state index in [1.54, 1.807) is 31.2 Å². The van der Waals surface area contributed by atoms with Crippen molar-refractivity contribution >= 4 is 34.0 Å². The van der Waals surface area contributed by atoms with Gasteiger partial charge in [0.1, 0.15) is 5.75 Å². The van der Waals surface area contributed by atoms with Crippen molar-refractivity contribution in [2.75, 3.05) is 18.4 Å². The molecule has 1 amide bonds. The number of aromatic nitrogens is 1. The Balaban J connectivity index is 1.52. The molecule has 0 radical (unpaired) electrons. The fourth-order valence-electron chi connectivity index (χ4n) is 3.06. The van der Waals surface area contributed by atoms with Crippen molar-refractivity contribution in [3.8, 4) is 5.75 Å². The zero-order valence-electron chi connectivity index (χ0n) is 15.6. The second kappa shape index (κ2) is 9.01. The number of hydrogen-bond acceptors (Lipinski definition) is 6. The summed E-state index contributed by atoms with van der Waals surface area (Å²) in [5, 5.41) is 6.00. The van der Waals surface area contributed by atoms with Crippen LogP contribution in [0.2, 0.25) is 5.02 Å². The third kappa shape index (κ3) is 5.90. The maximum Gasteiger partial charge on any atom is 0.266 e. The van der Waals surface area contributed by atoms with Crippen molar-refractivity contribution in [3.63, 3.8) is 0 Å². The summed E-state index contributed by atoms with van der Waals surface area (Å²) < 4.78 is 11.4. The van der Waals surface area contributed by atoms with Crippen molar-refractivity contribution < 1.29 is 14.3 Å². The van der Waals surface area contributed by atoms with E-state index in [4.69, 9.17) is 21.1 Å². The molecule has 1 aliphatic rings. The lowest BCUT2D eigenvalue weighted by Crippen LogP contribution is -2.44. The summed E-state index contributed by atoms with van der Waals surface area (Å²) in [5.41, 5.74) is 0.947. The number of rotatable bonds is 6. The number of morpholine rings is 1. The number of amides is 1. The highest BCUT2D eigenvalue weighted by Gasteiger charge is 2.23. The lowest BCUT2D eigenvalue weighted by Gasteiger charge is -2.34. The highest BCUT2D eigenvalue weighted by atomic mass is 35.5. The van der Waals surface area contributed by atoms with E-state index < -0.39 is 6.10 Å². The minimum atomic E-state index is -0.639. The Hall–Kier alpha value is -1.67. The van der Waals surface area contributed by atoms with Crippen LogP contribution >= 0.6 is 22.9 Å². The molecular formula is C19H24ClN3O3S. The number of thiazole rings is 1. The molecule has 0 saturated carbocycles. The number of hydrogen-bond donors (Lipinski definition) is 1. The zero-order chi connectivity index (χ0) is 19.4. The Bertz CT molecular complexity index is 758. The van der Waals surface area contributed by atoms with E-state index in [1.165, 1.54) is 11.3 Å². The fourth-order valence-corrected chi connectivity index (χ4v) is 3.89. The van der Waals surface area contributed by atoms with Crippen molar-refractivity contribution in [2.45, 2.75) is 45.6 Å². The lowest BCUT2D eigenvalue weighted by molar-refractivity contribution is -0.122. The van der Waals surface area contributed by atoms with Crippen LogP contribution in [0.4, 0.5) is 5.13 Å². The molecule has 1 aromatic heterocycles. The van der Waals surface area contributed by atoms with Gasteiger partial charge in [0.25, 0.3) is 5.91 Å². The molecule has 0 spiro atoms. The van der Waals surface area contributed by atoms with E-state index in [2.05, 4.69) is 29.0 Å². The number of anilines is 1. The molecule has 1 fully saturated rings. The Morgan fingerprint density at radius 3 is 2.70 bits per heavy atom. The number of carbonyl (C=O) groups is 1. The smallest absolute Gasteiger partial charge is 0.266 e. The molecule has 2 heterocycles. The normalized spacial score (nSPS) is 21.6. The summed E-state index contributed by atoms with van der Waals surface area (Å²) in [6.07, 6.45) is -0.200. The van der Waals surface area contributed by atoms with E-state index in [-0.39, 0.29) is 18.1 Å². The maximum absolute atomic E-state index is 12.3. The van der Waals surface area contributed by atoms with Gasteiger partial charge in [-0.25, -0.2) is 4.98 Å². The highest BCUT2D eigenvalue weighted by Crippen LogP contribution is 2.21. The van der Waals surface area contributed by atoms with Crippen LogP contribution in [-0.2, 0) is 16.1 Å². The van der Waals surface area contributed by atoms with Crippen molar-refractivity contribution in [3.05, 3.63) is 40.4 Å². The second-order valence-electron chi connectivity index (χ2n) is 6.80. The predicted molar refractivity (Wildman–Crippen MR) is 108 cm³/mol. The lowest BCUT2D eigenvalue weighted by atomic mass is 10.2. The molecule has 1 aliphatic heterocycles. The Labute approximate surface area is 168 Å². The average molecular weight is 410 g/mol. The van der Waals surface area contributed by atoms with Gasteiger partial charge in [-0.1, -0.05) is 11.6 Å². The summed E-state index contributed by atoms with van der Waals surface area (Å²) in [6.45, 7) is 8.39. The molecule has 1 N–H and O–H groups in total. The van der Waals surface area contributed by atoms with Crippen LogP contribution in [0.1, 0.15) is 26.5 Å². The number of benzene rings is 1. The molecule has 0 bridgehead atoms. The summed E-state index contributed by atoms with van der Waals surface area (Å²) in [6, 6.07) is 6.92. The van der Waals surface area contributed by atoms with Gasteiger partial charge in [0, 0.05) is 30.0 Å². The van der Waals surface area contributed by atoms with E-state index in [1.807, 2.05) is 5.38 Å². The molecule has 1 aromatic carbocycles. The molecule has 6 nitrogen and oxygen atoms in total. The van der Waals surface area contributed by atoms with Crippen molar-refractivity contribution in [1.29, 1.82) is 0 Å². The van der Waals surface area contributed by atoms with Gasteiger partial charge in [-0.3, -0.25) is 15.0 Å². The first kappa shape index (κ1) is 20.1. The van der Waals surface area contributed by atoms with E-state index in [9.17, 15) is 4.79 Å². The molecule has 3 rings (SSSR count). The van der Waals surface area contributed by atoms with Crippen LogP contribution in [-0.4, -0.2) is 47.2 Å². The van der Waals surface area contributed by atoms with E-state index in [0.717, 1.165) is 25.3 Å². The summed E-state index contributed by atoms with van der Waals surface area (Å²) >= 11 is 7.27. The van der Waals surface area contributed by atoms with Crippen LogP contribution in [0, 0.1) is 0 Å². The quantitative estimate of drug-likeness (QED) is 0.785. The highest BCUT2D eigenvalue weighted by molar-refractivity contribution is 7.13. The van der Waals surface area contributed by atoms with Crippen molar-refractivity contribution in [2.24, 2.45) is 0 Å². The van der Waals surface area contributed by atoms with Crippen LogP contribution < -0.4 is 10.1 Å². The topological polar surface area (TPSA) is 63.7 Å². The van der Waals surface area contributed by atoms with Gasteiger partial charge in [0.05, 0.1) is 17.9 Å². The summed E-state index contributed by atoms with van der Waals surface area (Å²) in [4.78, 5) is 19.2. The van der Waals surface area contributed by atoms with Crippen LogP contribution in [0.25, 0.3) is 0 Å². The number of carbonyl (C=O) groups excluding carboxylic acids is 1. The zero-order valence-corrected chi connectivity index (χ0v) is 17.2. The molecule has 3 atom stereocenters. The van der Waals surface area contributed by atoms with Crippen LogP contribution in [0.5, 0.6) is 5.75 Å². The number of ether oxygens (including phenoxy) is 2. The van der Waals surface area contributed by atoms with Crippen molar-refractivity contribution in [1.82, 2.24) is 9.88 Å². The third-order valence-corrected chi connectivity index (χ3v) is 5.22. The molecule has 8 heteroatoms. The van der Waals surface area contributed by atoms with Crippen LogP contribution in [0.15, 0.2) is 29.6 Å². The van der Waals surface area contributed by atoms with Gasteiger partial charge in [-0.2, -0.15) is 0 Å². The molecule has 27 heavy (non-hydrogen) atoms. The van der Waals surface area contributed by atoms with E-state index >= 15 is 0 Å². The maximum atomic E-state index is 12.3. The van der Waals surface area contributed by atoms with E-state index in [0.29, 0.717) is 15.9 Å². The first-order valence-electron chi connectivity index (χ1n) is 8.94. The van der Waals surface area contributed by atoms with Crippen LogP contribution in [0.3, 0.4) is 0 Å². The first-order chi connectivity index (χ1) is 12.9. The molecule has 2 aromatic rings. The predicted octanol–water partition coefficient (Wildman–Crippen LogP) is 3.81. The Morgan fingerprint density at radius 1 is 1.37 bits per heavy atom. The fraction of sp³-hybridized carbons (Fsp3) is 0.474.